The average molecular weight is 306 g/mol. The molecule has 0 radical (unpaired) electrons. The van der Waals surface area contributed by atoms with Gasteiger partial charge in [0.1, 0.15) is 0 Å². The monoisotopic (exact) mass is 305 g/mol. The Bertz CT molecular complexity index is 526. The molecule has 4 heteroatoms. The van der Waals surface area contributed by atoms with Crippen molar-refractivity contribution in [2.45, 2.75) is 12.8 Å². The summed E-state index contributed by atoms with van der Waals surface area (Å²) in [7, 11) is 0. The maximum Gasteiger partial charge on any atom is 0.238 e. The van der Waals surface area contributed by atoms with Crippen LogP contribution in [0.5, 0.6) is 0 Å². The van der Waals surface area contributed by atoms with Crippen molar-refractivity contribution >= 4 is 33.4 Å². The molecule has 1 aliphatic carbocycles. The number of halogens is 1. The number of rotatable bonds is 1. The summed E-state index contributed by atoms with van der Waals surface area (Å²) in [5.41, 5.74) is 0.661. The second kappa shape index (κ2) is 4.35. The van der Waals surface area contributed by atoms with Gasteiger partial charge in [0.25, 0.3) is 0 Å². The molecule has 1 saturated heterocycles. The molecular formula is C14H12BrNO2. The fourth-order valence-electron chi connectivity index (χ4n) is 2.67. The zero-order valence-electron chi connectivity index (χ0n) is 9.67. The van der Waals surface area contributed by atoms with Crippen LogP contribution in [0.25, 0.3) is 0 Å². The molecule has 2 atom stereocenters. The summed E-state index contributed by atoms with van der Waals surface area (Å²) in [6.45, 7) is 0. The first kappa shape index (κ1) is 11.7. The molecule has 0 saturated carbocycles. The molecule has 0 bridgehead atoms. The van der Waals surface area contributed by atoms with E-state index in [0.29, 0.717) is 18.5 Å². The van der Waals surface area contributed by atoms with Crippen molar-refractivity contribution in [2.24, 2.45) is 11.8 Å². The summed E-state index contributed by atoms with van der Waals surface area (Å²) in [6.07, 6.45) is 5.35. The Balaban J connectivity index is 1.99. The van der Waals surface area contributed by atoms with Gasteiger partial charge in [-0.15, -0.1) is 0 Å². The van der Waals surface area contributed by atoms with E-state index in [9.17, 15) is 9.59 Å². The minimum atomic E-state index is -0.165. The fourth-order valence-corrected chi connectivity index (χ4v) is 3.06. The summed E-state index contributed by atoms with van der Waals surface area (Å²) >= 11 is 3.36. The number of anilines is 1. The number of imide groups is 1. The lowest BCUT2D eigenvalue weighted by molar-refractivity contribution is -0.122. The smallest absolute Gasteiger partial charge is 0.238 e. The third kappa shape index (κ3) is 1.72. The van der Waals surface area contributed by atoms with Crippen LogP contribution in [0.2, 0.25) is 0 Å². The van der Waals surface area contributed by atoms with Crippen LogP contribution in [-0.4, -0.2) is 11.8 Å². The van der Waals surface area contributed by atoms with Gasteiger partial charge in [-0.25, -0.2) is 4.90 Å². The minimum Gasteiger partial charge on any atom is -0.274 e. The Kier molecular flexibility index (Phi) is 2.82. The van der Waals surface area contributed by atoms with Crippen molar-refractivity contribution in [3.05, 3.63) is 40.9 Å². The van der Waals surface area contributed by atoms with Crippen LogP contribution < -0.4 is 4.90 Å². The molecule has 1 fully saturated rings. The van der Waals surface area contributed by atoms with Gasteiger partial charge < -0.3 is 0 Å². The zero-order valence-corrected chi connectivity index (χ0v) is 11.3. The lowest BCUT2D eigenvalue weighted by Gasteiger charge is -2.14. The maximum absolute atomic E-state index is 12.3. The van der Waals surface area contributed by atoms with E-state index in [0.717, 1.165) is 4.47 Å². The number of carbonyl (C=O) groups is 2. The van der Waals surface area contributed by atoms with Crippen LogP contribution in [0.1, 0.15) is 12.8 Å². The highest BCUT2D eigenvalue weighted by atomic mass is 79.9. The molecule has 0 unspecified atom stereocenters. The van der Waals surface area contributed by atoms with E-state index in [2.05, 4.69) is 15.9 Å². The van der Waals surface area contributed by atoms with Crippen LogP contribution in [0.15, 0.2) is 40.9 Å². The number of allylic oxidation sites excluding steroid dienone is 2. The predicted octanol–water partition coefficient (Wildman–Crippen LogP) is 2.90. The molecule has 0 aromatic heterocycles. The Morgan fingerprint density at radius 2 is 1.67 bits per heavy atom. The van der Waals surface area contributed by atoms with Gasteiger partial charge >= 0.3 is 0 Å². The van der Waals surface area contributed by atoms with E-state index < -0.39 is 0 Å². The highest BCUT2D eigenvalue weighted by molar-refractivity contribution is 9.10. The second-order valence-corrected chi connectivity index (χ2v) is 5.56. The van der Waals surface area contributed by atoms with Gasteiger partial charge in [-0.05, 0) is 31.0 Å². The molecule has 92 valence electrons. The summed E-state index contributed by atoms with van der Waals surface area (Å²) in [4.78, 5) is 26.0. The number of amides is 2. The first-order chi connectivity index (χ1) is 8.68. The molecule has 0 N–H and O–H groups in total. The molecule has 2 aliphatic rings. The molecular weight excluding hydrogens is 294 g/mol. The minimum absolute atomic E-state index is 0.0625. The number of hydrogen-bond acceptors (Lipinski definition) is 2. The van der Waals surface area contributed by atoms with Gasteiger partial charge in [0.15, 0.2) is 0 Å². The molecule has 2 amide bonds. The number of carbonyl (C=O) groups excluding carboxylic acids is 2. The summed E-state index contributed by atoms with van der Waals surface area (Å²) in [5, 5.41) is 0. The largest absolute Gasteiger partial charge is 0.274 e. The van der Waals surface area contributed by atoms with Gasteiger partial charge in [0.2, 0.25) is 11.8 Å². The van der Waals surface area contributed by atoms with Crippen molar-refractivity contribution in [3.8, 4) is 0 Å². The Morgan fingerprint density at radius 1 is 1.06 bits per heavy atom. The maximum atomic E-state index is 12.3. The Labute approximate surface area is 114 Å². The predicted molar refractivity (Wildman–Crippen MR) is 72.0 cm³/mol. The van der Waals surface area contributed by atoms with Crippen molar-refractivity contribution in [1.82, 2.24) is 0 Å². The number of fused-ring (bicyclic) bond motifs is 1. The number of hydrogen-bond donors (Lipinski definition) is 0. The van der Waals surface area contributed by atoms with Gasteiger partial charge in [-0.2, -0.15) is 0 Å². The van der Waals surface area contributed by atoms with Crippen molar-refractivity contribution < 1.29 is 9.59 Å². The van der Waals surface area contributed by atoms with Crippen LogP contribution in [0.4, 0.5) is 5.69 Å². The molecule has 0 spiro atoms. The summed E-state index contributed by atoms with van der Waals surface area (Å²) in [6, 6.07) is 7.31. The molecule has 3 nitrogen and oxygen atoms in total. The van der Waals surface area contributed by atoms with Gasteiger partial charge in [0, 0.05) is 4.47 Å². The highest BCUT2D eigenvalue weighted by Crippen LogP contribution is 2.37. The second-order valence-electron chi connectivity index (χ2n) is 4.65. The average Bonchev–Trinajstić information content (AvgIpc) is 2.63. The molecule has 18 heavy (non-hydrogen) atoms. The van der Waals surface area contributed by atoms with Crippen molar-refractivity contribution in [1.29, 1.82) is 0 Å². The Morgan fingerprint density at radius 3 is 2.22 bits per heavy atom. The summed E-state index contributed by atoms with van der Waals surface area (Å²) in [5.74, 6) is -0.456. The standard InChI is InChI=1S/C14H12BrNO2/c15-9-4-3-5-10(8-9)16-13(17)11-6-1-2-7-12(11)14(16)18/h1-5,8,11-12H,6-7H2/t11-,12+. The first-order valence-corrected chi connectivity index (χ1v) is 6.76. The van der Waals surface area contributed by atoms with E-state index in [1.54, 1.807) is 12.1 Å². The lowest BCUT2D eigenvalue weighted by Crippen LogP contribution is -2.30. The highest BCUT2D eigenvalue weighted by Gasteiger charge is 2.47. The van der Waals surface area contributed by atoms with Gasteiger partial charge in [-0.1, -0.05) is 34.1 Å². The molecule has 1 aliphatic heterocycles. The first-order valence-electron chi connectivity index (χ1n) is 5.97. The Hall–Kier alpha value is -1.42. The molecule has 1 aromatic rings. The molecule has 1 heterocycles. The van der Waals surface area contributed by atoms with Crippen molar-refractivity contribution in [3.63, 3.8) is 0 Å². The number of benzene rings is 1. The summed E-state index contributed by atoms with van der Waals surface area (Å²) < 4.78 is 0.869. The molecule has 1 aromatic carbocycles. The van der Waals surface area contributed by atoms with Crippen LogP contribution >= 0.6 is 15.9 Å². The third-order valence-electron chi connectivity index (χ3n) is 3.57. The zero-order chi connectivity index (χ0) is 12.7. The van der Waals surface area contributed by atoms with Crippen LogP contribution in [-0.2, 0) is 9.59 Å². The van der Waals surface area contributed by atoms with E-state index in [1.807, 2.05) is 24.3 Å². The SMILES string of the molecule is O=C1[C@H]2CC=CC[C@H]2C(=O)N1c1cccc(Br)c1. The molecule has 3 rings (SSSR count). The van der Waals surface area contributed by atoms with Crippen molar-refractivity contribution in [2.75, 3.05) is 4.90 Å². The normalized spacial score (nSPS) is 26.6. The van der Waals surface area contributed by atoms with Crippen LogP contribution in [0, 0.1) is 11.8 Å². The quantitative estimate of drug-likeness (QED) is 0.591. The van der Waals surface area contributed by atoms with E-state index in [1.165, 1.54) is 4.90 Å². The van der Waals surface area contributed by atoms with Gasteiger partial charge in [0.05, 0.1) is 17.5 Å². The number of nitrogens with zero attached hydrogens (tertiary/aromatic N) is 1. The topological polar surface area (TPSA) is 37.4 Å². The van der Waals surface area contributed by atoms with Gasteiger partial charge in [-0.3, -0.25) is 9.59 Å². The van der Waals surface area contributed by atoms with E-state index in [-0.39, 0.29) is 23.7 Å². The fraction of sp³-hybridized carbons (Fsp3) is 0.286. The van der Waals surface area contributed by atoms with E-state index >= 15 is 0 Å². The third-order valence-corrected chi connectivity index (χ3v) is 4.07. The lowest BCUT2D eigenvalue weighted by atomic mass is 9.85. The van der Waals surface area contributed by atoms with Crippen LogP contribution in [0.3, 0.4) is 0 Å². The van der Waals surface area contributed by atoms with E-state index in [4.69, 9.17) is 0 Å².